The molecular weight excluding hydrogens is 399 g/mol. The van der Waals surface area contributed by atoms with Gasteiger partial charge < -0.3 is 10.1 Å². The molecule has 1 aromatic heterocycles. The first-order valence-corrected chi connectivity index (χ1v) is 10.8. The molecule has 0 aliphatic carbocycles. The first-order chi connectivity index (χ1) is 14.6. The summed E-state index contributed by atoms with van der Waals surface area (Å²) < 4.78 is 19.3. The van der Waals surface area contributed by atoms with Crippen LogP contribution >= 0.6 is 11.8 Å². The van der Waals surface area contributed by atoms with E-state index in [1.807, 2.05) is 48.5 Å². The number of hydrogen-bond acceptors (Lipinski definition) is 4. The van der Waals surface area contributed by atoms with E-state index in [1.165, 1.54) is 6.07 Å². The molecule has 6 heteroatoms. The number of ether oxygens (including phenoxy) is 1. The Hall–Kier alpha value is -2.70. The van der Waals surface area contributed by atoms with Crippen LogP contribution in [0.25, 0.3) is 0 Å². The Morgan fingerprint density at radius 2 is 1.87 bits per heavy atom. The van der Waals surface area contributed by atoms with Gasteiger partial charge in [0, 0.05) is 41.8 Å². The van der Waals surface area contributed by atoms with Crippen LogP contribution in [0.3, 0.4) is 0 Å². The summed E-state index contributed by atoms with van der Waals surface area (Å²) in [4.78, 5) is 18.1. The average Bonchev–Trinajstić information content (AvgIpc) is 2.79. The van der Waals surface area contributed by atoms with Gasteiger partial charge in [-0.15, -0.1) is 0 Å². The molecule has 0 radical (unpaired) electrons. The summed E-state index contributed by atoms with van der Waals surface area (Å²) in [6.45, 7) is 1.65. The quantitative estimate of drug-likeness (QED) is 0.617. The van der Waals surface area contributed by atoms with Crippen molar-refractivity contribution in [2.24, 2.45) is 0 Å². The number of carbonyl (C=O) groups excluding carboxylic acids is 1. The molecule has 3 aromatic rings. The highest BCUT2D eigenvalue weighted by atomic mass is 32.2. The fourth-order valence-electron chi connectivity index (χ4n) is 3.70. The lowest BCUT2D eigenvalue weighted by Gasteiger charge is -2.38. The molecule has 154 valence electrons. The largest absolute Gasteiger partial charge is 0.381 e. The molecule has 1 saturated heterocycles. The van der Waals surface area contributed by atoms with E-state index in [1.54, 1.807) is 30.1 Å². The molecule has 1 aliphatic rings. The number of nitrogens with one attached hydrogen (secondary N) is 1. The van der Waals surface area contributed by atoms with Gasteiger partial charge in [-0.3, -0.25) is 4.79 Å². The average molecular weight is 423 g/mol. The zero-order valence-corrected chi connectivity index (χ0v) is 17.3. The van der Waals surface area contributed by atoms with E-state index in [4.69, 9.17) is 4.74 Å². The number of amides is 1. The molecule has 4 rings (SSSR count). The van der Waals surface area contributed by atoms with E-state index in [0.29, 0.717) is 25.3 Å². The lowest BCUT2D eigenvalue weighted by Crippen LogP contribution is -2.44. The lowest BCUT2D eigenvalue weighted by molar-refractivity contribution is 0.0486. The summed E-state index contributed by atoms with van der Waals surface area (Å²) in [6.07, 6.45) is 3.25. The molecule has 4 nitrogen and oxygen atoms in total. The van der Waals surface area contributed by atoms with Gasteiger partial charge in [-0.1, -0.05) is 30.0 Å². The second kappa shape index (κ2) is 9.41. The highest BCUT2D eigenvalue weighted by molar-refractivity contribution is 7.99. The maximum Gasteiger partial charge on any atom is 0.251 e. The highest BCUT2D eigenvalue weighted by Gasteiger charge is 2.35. The SMILES string of the molecule is O=C(NCC1(c2cccc(F)c2)CCOCC1)c1ccc(Sc2ccccn2)cc1. The first kappa shape index (κ1) is 20.6. The van der Waals surface area contributed by atoms with E-state index in [0.717, 1.165) is 28.3 Å². The van der Waals surface area contributed by atoms with Gasteiger partial charge in [-0.05, 0) is 66.9 Å². The number of nitrogens with zero attached hydrogens (tertiary/aromatic N) is 1. The number of halogens is 1. The fourth-order valence-corrected chi connectivity index (χ4v) is 4.48. The third-order valence-corrected chi connectivity index (χ3v) is 6.41. The number of benzene rings is 2. The summed E-state index contributed by atoms with van der Waals surface area (Å²) in [5, 5.41) is 3.97. The van der Waals surface area contributed by atoms with Crippen LogP contribution in [0.15, 0.2) is 82.8 Å². The van der Waals surface area contributed by atoms with Gasteiger partial charge >= 0.3 is 0 Å². The Bertz CT molecular complexity index is 990. The zero-order valence-electron chi connectivity index (χ0n) is 16.5. The molecule has 2 aromatic carbocycles. The molecule has 0 spiro atoms. The topological polar surface area (TPSA) is 51.2 Å². The van der Waals surface area contributed by atoms with Crippen molar-refractivity contribution in [3.05, 3.63) is 89.9 Å². The van der Waals surface area contributed by atoms with Gasteiger partial charge in [-0.25, -0.2) is 9.37 Å². The third kappa shape index (κ3) is 4.89. The van der Waals surface area contributed by atoms with Crippen LogP contribution in [-0.4, -0.2) is 30.6 Å². The second-order valence-corrected chi connectivity index (χ2v) is 8.47. The van der Waals surface area contributed by atoms with Crippen LogP contribution in [-0.2, 0) is 10.2 Å². The smallest absolute Gasteiger partial charge is 0.251 e. The maximum absolute atomic E-state index is 13.8. The van der Waals surface area contributed by atoms with Crippen LogP contribution < -0.4 is 5.32 Å². The van der Waals surface area contributed by atoms with Gasteiger partial charge in [0.2, 0.25) is 0 Å². The molecule has 1 amide bonds. The summed E-state index contributed by atoms with van der Waals surface area (Å²) >= 11 is 1.55. The molecule has 1 fully saturated rings. The normalized spacial score (nSPS) is 15.5. The van der Waals surface area contributed by atoms with Gasteiger partial charge in [-0.2, -0.15) is 0 Å². The number of carbonyl (C=O) groups is 1. The van der Waals surface area contributed by atoms with Crippen molar-refractivity contribution in [1.82, 2.24) is 10.3 Å². The number of hydrogen-bond donors (Lipinski definition) is 1. The molecule has 30 heavy (non-hydrogen) atoms. The Kier molecular flexibility index (Phi) is 6.45. The third-order valence-electron chi connectivity index (χ3n) is 5.45. The minimum absolute atomic E-state index is 0.133. The van der Waals surface area contributed by atoms with Gasteiger partial charge in [0.15, 0.2) is 0 Å². The highest BCUT2D eigenvalue weighted by Crippen LogP contribution is 2.34. The van der Waals surface area contributed by atoms with Crippen LogP contribution in [0.5, 0.6) is 0 Å². The Balaban J connectivity index is 1.43. The minimum Gasteiger partial charge on any atom is -0.381 e. The van der Waals surface area contributed by atoms with Crippen molar-refractivity contribution in [3.8, 4) is 0 Å². The Morgan fingerprint density at radius 3 is 2.57 bits per heavy atom. The summed E-state index contributed by atoms with van der Waals surface area (Å²) in [7, 11) is 0. The van der Waals surface area contributed by atoms with E-state index >= 15 is 0 Å². The monoisotopic (exact) mass is 422 g/mol. The molecule has 2 heterocycles. The summed E-state index contributed by atoms with van der Waals surface area (Å²) in [5.41, 5.74) is 1.19. The van der Waals surface area contributed by atoms with Crippen LogP contribution in [0.1, 0.15) is 28.8 Å². The number of aromatic nitrogens is 1. The maximum atomic E-state index is 13.8. The van der Waals surface area contributed by atoms with Gasteiger partial charge in [0.1, 0.15) is 10.8 Å². The predicted octanol–water partition coefficient (Wildman–Crippen LogP) is 4.85. The zero-order chi connectivity index (χ0) is 20.8. The predicted molar refractivity (Wildman–Crippen MR) is 115 cm³/mol. The molecule has 1 aliphatic heterocycles. The van der Waals surface area contributed by atoms with E-state index < -0.39 is 0 Å². The van der Waals surface area contributed by atoms with Crippen LogP contribution in [0.4, 0.5) is 4.39 Å². The number of pyridine rings is 1. The second-order valence-electron chi connectivity index (χ2n) is 7.38. The summed E-state index contributed by atoms with van der Waals surface area (Å²) in [6, 6.07) is 19.9. The van der Waals surface area contributed by atoms with E-state index in [2.05, 4.69) is 10.3 Å². The van der Waals surface area contributed by atoms with Crippen molar-refractivity contribution in [2.75, 3.05) is 19.8 Å². The Morgan fingerprint density at radius 1 is 1.07 bits per heavy atom. The van der Waals surface area contributed by atoms with E-state index in [-0.39, 0.29) is 17.1 Å². The van der Waals surface area contributed by atoms with E-state index in [9.17, 15) is 9.18 Å². The molecule has 0 unspecified atom stereocenters. The van der Waals surface area contributed by atoms with Crippen LogP contribution in [0.2, 0.25) is 0 Å². The van der Waals surface area contributed by atoms with Crippen molar-refractivity contribution in [2.45, 2.75) is 28.2 Å². The molecule has 0 atom stereocenters. The van der Waals surface area contributed by atoms with Crippen molar-refractivity contribution < 1.29 is 13.9 Å². The number of rotatable bonds is 6. The Labute approximate surface area is 179 Å². The molecular formula is C24H23FN2O2S. The lowest BCUT2D eigenvalue weighted by atomic mass is 9.74. The van der Waals surface area contributed by atoms with Gasteiger partial charge in [0.25, 0.3) is 5.91 Å². The molecule has 1 N–H and O–H groups in total. The van der Waals surface area contributed by atoms with Gasteiger partial charge in [0.05, 0.1) is 0 Å². The van der Waals surface area contributed by atoms with Crippen LogP contribution in [0, 0.1) is 5.82 Å². The standard InChI is InChI=1S/C24H23FN2O2S/c25-20-5-3-4-19(16-20)24(11-14-29-15-12-24)17-27-23(28)18-7-9-21(10-8-18)30-22-6-1-2-13-26-22/h1-10,13,16H,11-12,14-15,17H2,(H,27,28). The fraction of sp³-hybridized carbons (Fsp3) is 0.250. The first-order valence-electron chi connectivity index (χ1n) is 9.96. The minimum atomic E-state index is -0.315. The molecule has 0 saturated carbocycles. The summed E-state index contributed by atoms with van der Waals surface area (Å²) in [5.74, 6) is -0.391. The van der Waals surface area contributed by atoms with Crippen molar-refractivity contribution in [1.29, 1.82) is 0 Å². The van der Waals surface area contributed by atoms with Crippen molar-refractivity contribution >= 4 is 17.7 Å². The molecule has 0 bridgehead atoms. The van der Waals surface area contributed by atoms with Crippen molar-refractivity contribution in [3.63, 3.8) is 0 Å².